The Morgan fingerprint density at radius 1 is 1.12 bits per heavy atom. The third-order valence-electron chi connectivity index (χ3n) is 4.07. The Labute approximate surface area is 143 Å². The lowest BCUT2D eigenvalue weighted by Crippen LogP contribution is -2.47. The van der Waals surface area contributed by atoms with Crippen LogP contribution in [0.25, 0.3) is 0 Å². The molecule has 1 fully saturated rings. The Bertz CT molecular complexity index is 596. The van der Waals surface area contributed by atoms with Gasteiger partial charge in [0.05, 0.1) is 0 Å². The van der Waals surface area contributed by atoms with Crippen LogP contribution >= 0.6 is 0 Å². The van der Waals surface area contributed by atoms with Gasteiger partial charge in [-0.25, -0.2) is 9.97 Å². The molecule has 2 amide bonds. The highest BCUT2D eigenvalue weighted by Gasteiger charge is 2.32. The number of carbonyl (C=O) groups excluding carboxylic acids is 2. The number of hydrogen-bond donors (Lipinski definition) is 2. The molecular formula is C17H27N5O2. The largest absolute Gasteiger partial charge is 0.342 e. The number of hydrogen-bond acceptors (Lipinski definition) is 5. The van der Waals surface area contributed by atoms with Crippen LogP contribution < -0.4 is 10.9 Å². The zero-order chi connectivity index (χ0) is 17.9. The van der Waals surface area contributed by atoms with Crippen LogP contribution in [0.3, 0.4) is 0 Å². The third-order valence-corrected chi connectivity index (χ3v) is 4.07. The first-order valence-corrected chi connectivity index (χ1v) is 8.34. The Morgan fingerprint density at radius 2 is 1.67 bits per heavy atom. The number of anilines is 1. The van der Waals surface area contributed by atoms with Crippen molar-refractivity contribution in [1.82, 2.24) is 20.3 Å². The Hall–Kier alpha value is -2.18. The van der Waals surface area contributed by atoms with Crippen molar-refractivity contribution in [2.75, 3.05) is 18.5 Å². The molecule has 7 nitrogen and oxygen atoms in total. The van der Waals surface area contributed by atoms with Gasteiger partial charge in [0.1, 0.15) is 0 Å². The van der Waals surface area contributed by atoms with Gasteiger partial charge in [0.2, 0.25) is 17.8 Å². The molecule has 1 aromatic heterocycles. The molecule has 0 aromatic carbocycles. The number of piperidine rings is 1. The fourth-order valence-electron chi connectivity index (χ4n) is 2.82. The first-order valence-electron chi connectivity index (χ1n) is 8.34. The molecule has 0 radical (unpaired) electrons. The zero-order valence-corrected chi connectivity index (χ0v) is 15.1. The Kier molecular flexibility index (Phi) is 5.41. The predicted molar refractivity (Wildman–Crippen MR) is 92.0 cm³/mol. The van der Waals surface area contributed by atoms with Crippen molar-refractivity contribution in [2.24, 2.45) is 11.3 Å². The first kappa shape index (κ1) is 18.2. The fourth-order valence-corrected chi connectivity index (χ4v) is 2.82. The van der Waals surface area contributed by atoms with Gasteiger partial charge in [-0.15, -0.1) is 0 Å². The van der Waals surface area contributed by atoms with E-state index >= 15 is 0 Å². The van der Waals surface area contributed by atoms with E-state index in [4.69, 9.17) is 0 Å². The maximum absolute atomic E-state index is 12.3. The highest BCUT2D eigenvalue weighted by Crippen LogP contribution is 2.23. The Balaban J connectivity index is 1.84. The summed E-state index contributed by atoms with van der Waals surface area (Å²) in [4.78, 5) is 34.8. The minimum absolute atomic E-state index is 0.0828. The van der Waals surface area contributed by atoms with Crippen molar-refractivity contribution < 1.29 is 9.59 Å². The summed E-state index contributed by atoms with van der Waals surface area (Å²) in [6.07, 6.45) is 1.34. The second kappa shape index (κ2) is 7.15. The van der Waals surface area contributed by atoms with Crippen LogP contribution in [0.4, 0.5) is 5.95 Å². The average molecular weight is 333 g/mol. The lowest BCUT2D eigenvalue weighted by atomic mass is 9.91. The summed E-state index contributed by atoms with van der Waals surface area (Å²) in [5.41, 5.74) is 6.76. The molecule has 0 saturated carbocycles. The van der Waals surface area contributed by atoms with Gasteiger partial charge in [-0.3, -0.25) is 20.4 Å². The molecule has 0 unspecified atom stereocenters. The molecule has 1 aliphatic heterocycles. The number of likely N-dealkylation sites (tertiary alicyclic amines) is 1. The number of aryl methyl sites for hydroxylation is 2. The molecule has 2 rings (SSSR count). The highest BCUT2D eigenvalue weighted by atomic mass is 16.2. The number of nitrogens with zero attached hydrogens (tertiary/aromatic N) is 3. The van der Waals surface area contributed by atoms with Crippen LogP contribution in [-0.4, -0.2) is 39.8 Å². The molecule has 1 saturated heterocycles. The highest BCUT2D eigenvalue weighted by molar-refractivity contribution is 5.83. The lowest BCUT2D eigenvalue weighted by Gasteiger charge is -2.35. The molecule has 0 spiro atoms. The van der Waals surface area contributed by atoms with Crippen LogP contribution in [0, 0.1) is 25.2 Å². The van der Waals surface area contributed by atoms with Gasteiger partial charge in [0.25, 0.3) is 0 Å². The normalized spacial score (nSPS) is 16.0. The van der Waals surface area contributed by atoms with E-state index in [0.717, 1.165) is 11.4 Å². The third kappa shape index (κ3) is 4.66. The van der Waals surface area contributed by atoms with E-state index < -0.39 is 0 Å². The smallest absolute Gasteiger partial charge is 0.242 e. The Morgan fingerprint density at radius 3 is 2.17 bits per heavy atom. The molecule has 0 atom stereocenters. The molecule has 2 N–H and O–H groups in total. The van der Waals surface area contributed by atoms with Gasteiger partial charge in [-0.2, -0.15) is 0 Å². The van der Waals surface area contributed by atoms with E-state index in [2.05, 4.69) is 20.8 Å². The van der Waals surface area contributed by atoms with Crippen LogP contribution in [0.1, 0.15) is 45.0 Å². The van der Waals surface area contributed by atoms with Crippen molar-refractivity contribution >= 4 is 17.8 Å². The van der Waals surface area contributed by atoms with E-state index in [1.165, 1.54) is 0 Å². The molecular weight excluding hydrogens is 306 g/mol. The summed E-state index contributed by atoms with van der Waals surface area (Å²) >= 11 is 0. The molecule has 2 heterocycles. The number of amides is 2. The van der Waals surface area contributed by atoms with Gasteiger partial charge < -0.3 is 4.90 Å². The summed E-state index contributed by atoms with van der Waals surface area (Å²) in [7, 11) is 0. The quantitative estimate of drug-likeness (QED) is 0.824. The standard InChI is InChI=1S/C17H27N5O2/c1-11-10-12(2)19-16(18-11)21-20-14(23)13-6-8-22(9-7-13)15(24)17(3,4)5/h10,13H,6-9H2,1-5H3,(H,20,23)(H,18,19,21). The SMILES string of the molecule is Cc1cc(C)nc(NNC(=O)C2CCN(C(=O)C(C)(C)C)CC2)n1. The monoisotopic (exact) mass is 333 g/mol. The molecule has 0 aliphatic carbocycles. The molecule has 24 heavy (non-hydrogen) atoms. The molecule has 1 aromatic rings. The van der Waals surface area contributed by atoms with E-state index in [1.807, 2.05) is 45.6 Å². The van der Waals surface area contributed by atoms with Gasteiger partial charge in [0, 0.05) is 35.8 Å². The maximum Gasteiger partial charge on any atom is 0.242 e. The van der Waals surface area contributed by atoms with Crippen LogP contribution in [0.2, 0.25) is 0 Å². The minimum Gasteiger partial charge on any atom is -0.342 e. The van der Waals surface area contributed by atoms with Crippen LogP contribution in [0.5, 0.6) is 0 Å². The van der Waals surface area contributed by atoms with Gasteiger partial charge in [-0.1, -0.05) is 20.8 Å². The lowest BCUT2D eigenvalue weighted by molar-refractivity contribution is -0.142. The average Bonchev–Trinajstić information content (AvgIpc) is 2.50. The summed E-state index contributed by atoms with van der Waals surface area (Å²) in [5, 5.41) is 0. The molecule has 0 bridgehead atoms. The summed E-state index contributed by atoms with van der Waals surface area (Å²) in [5.74, 6) is 0.345. The summed E-state index contributed by atoms with van der Waals surface area (Å²) in [6, 6.07) is 1.87. The van der Waals surface area contributed by atoms with Gasteiger partial charge >= 0.3 is 0 Å². The van der Waals surface area contributed by atoms with Gasteiger partial charge in [-0.05, 0) is 32.8 Å². The van der Waals surface area contributed by atoms with Crippen LogP contribution in [-0.2, 0) is 9.59 Å². The topological polar surface area (TPSA) is 87.2 Å². The van der Waals surface area contributed by atoms with E-state index in [1.54, 1.807) is 0 Å². The number of carbonyl (C=O) groups is 2. The zero-order valence-electron chi connectivity index (χ0n) is 15.1. The van der Waals surface area contributed by atoms with Crippen molar-refractivity contribution in [2.45, 2.75) is 47.5 Å². The summed E-state index contributed by atoms with van der Waals surface area (Å²) in [6.45, 7) is 10.8. The molecule has 132 valence electrons. The fraction of sp³-hybridized carbons (Fsp3) is 0.647. The van der Waals surface area contributed by atoms with E-state index in [-0.39, 0.29) is 23.1 Å². The molecule has 1 aliphatic rings. The minimum atomic E-state index is -0.378. The second-order valence-corrected chi connectivity index (χ2v) is 7.41. The molecule has 7 heteroatoms. The second-order valence-electron chi connectivity index (χ2n) is 7.41. The summed E-state index contributed by atoms with van der Waals surface area (Å²) < 4.78 is 0. The number of nitrogens with one attached hydrogen (secondary N) is 2. The number of hydrazine groups is 1. The van der Waals surface area contributed by atoms with Crippen molar-refractivity contribution in [3.8, 4) is 0 Å². The maximum atomic E-state index is 12.3. The van der Waals surface area contributed by atoms with Crippen molar-refractivity contribution in [1.29, 1.82) is 0 Å². The van der Waals surface area contributed by atoms with Crippen molar-refractivity contribution in [3.63, 3.8) is 0 Å². The number of rotatable bonds is 3. The van der Waals surface area contributed by atoms with Crippen molar-refractivity contribution in [3.05, 3.63) is 17.5 Å². The van der Waals surface area contributed by atoms with E-state index in [0.29, 0.717) is 31.9 Å². The van der Waals surface area contributed by atoms with E-state index in [9.17, 15) is 9.59 Å². The predicted octanol–water partition coefficient (Wildman–Crippen LogP) is 1.82. The van der Waals surface area contributed by atoms with Gasteiger partial charge in [0.15, 0.2) is 0 Å². The number of aromatic nitrogens is 2. The van der Waals surface area contributed by atoms with Crippen LogP contribution in [0.15, 0.2) is 6.07 Å². The first-order chi connectivity index (χ1) is 11.2.